The smallest absolute Gasteiger partial charge is 0.307 e. The lowest BCUT2D eigenvalue weighted by atomic mass is 9.76. The van der Waals surface area contributed by atoms with Crippen molar-refractivity contribution in [3.63, 3.8) is 0 Å². The van der Waals surface area contributed by atoms with E-state index in [0.717, 1.165) is 0 Å². The second-order valence-corrected chi connectivity index (χ2v) is 7.94. The van der Waals surface area contributed by atoms with Crippen LogP contribution in [0.4, 0.5) is 0 Å². The maximum absolute atomic E-state index is 13.4. The van der Waals surface area contributed by atoms with Crippen molar-refractivity contribution < 1.29 is 29.2 Å². The number of amides is 1. The zero-order chi connectivity index (χ0) is 20.2. The van der Waals surface area contributed by atoms with E-state index in [1.807, 2.05) is 6.92 Å². The Hall–Kier alpha value is -2.12. The fraction of sp³-hybridized carbons (Fsp3) is 0.600. The molecule has 7 heteroatoms. The summed E-state index contributed by atoms with van der Waals surface area (Å²) in [6.45, 7) is 8.00. The van der Waals surface area contributed by atoms with Crippen molar-refractivity contribution in [2.75, 3.05) is 20.3 Å². The fourth-order valence-electron chi connectivity index (χ4n) is 3.41. The number of esters is 1. The molecule has 0 saturated carbocycles. The Balaban J connectivity index is 2.32. The van der Waals surface area contributed by atoms with E-state index in [1.165, 1.54) is 19.2 Å². The molecule has 1 unspecified atom stereocenters. The fourth-order valence-corrected chi connectivity index (χ4v) is 3.41. The summed E-state index contributed by atoms with van der Waals surface area (Å²) < 4.78 is 5.48. The quantitative estimate of drug-likeness (QED) is 0.445. The summed E-state index contributed by atoms with van der Waals surface area (Å²) in [5, 5.41) is 9.60. The van der Waals surface area contributed by atoms with Crippen LogP contribution in [0.15, 0.2) is 24.3 Å². The van der Waals surface area contributed by atoms with Gasteiger partial charge in [-0.2, -0.15) is 0 Å². The molecule has 27 heavy (non-hydrogen) atoms. The molecule has 1 aliphatic heterocycles. The second-order valence-electron chi connectivity index (χ2n) is 7.94. The summed E-state index contributed by atoms with van der Waals surface area (Å²) in [7, 11) is 1.42. The lowest BCUT2D eigenvalue weighted by molar-refractivity contribution is -0.278. The molecule has 0 bridgehead atoms. The van der Waals surface area contributed by atoms with Gasteiger partial charge in [0.15, 0.2) is 0 Å². The van der Waals surface area contributed by atoms with E-state index in [2.05, 4.69) is 4.89 Å². The predicted octanol–water partition coefficient (Wildman–Crippen LogP) is 2.56. The maximum Gasteiger partial charge on any atom is 0.307 e. The van der Waals surface area contributed by atoms with Crippen LogP contribution < -0.4 is 0 Å². The second kappa shape index (κ2) is 8.27. The van der Waals surface area contributed by atoms with Crippen molar-refractivity contribution in [1.29, 1.82) is 0 Å². The van der Waals surface area contributed by atoms with Gasteiger partial charge in [0.25, 0.3) is 0 Å². The van der Waals surface area contributed by atoms with Crippen LogP contribution >= 0.6 is 0 Å². The largest absolute Gasteiger partial charge is 0.508 e. The highest BCUT2D eigenvalue weighted by atomic mass is 17.2. The van der Waals surface area contributed by atoms with Crippen molar-refractivity contribution in [1.82, 2.24) is 4.90 Å². The number of carbonyl (C=O) groups excluding carboxylic acids is 2. The summed E-state index contributed by atoms with van der Waals surface area (Å²) in [5.74, 6) is -0.465. The Morgan fingerprint density at radius 3 is 2.48 bits per heavy atom. The molecule has 1 aliphatic rings. The third-order valence-corrected chi connectivity index (χ3v) is 4.69. The molecule has 0 radical (unpaired) electrons. The Labute approximate surface area is 160 Å². The molecular weight excluding hydrogens is 350 g/mol. The van der Waals surface area contributed by atoms with Gasteiger partial charge in [0, 0.05) is 6.54 Å². The van der Waals surface area contributed by atoms with E-state index in [-0.39, 0.29) is 30.7 Å². The zero-order valence-corrected chi connectivity index (χ0v) is 16.7. The van der Waals surface area contributed by atoms with Crippen molar-refractivity contribution in [2.24, 2.45) is 0 Å². The molecule has 0 aliphatic carbocycles. The van der Waals surface area contributed by atoms with Crippen molar-refractivity contribution in [3.8, 4) is 5.75 Å². The molecule has 2 atom stereocenters. The highest BCUT2D eigenvalue weighted by Crippen LogP contribution is 2.41. The van der Waals surface area contributed by atoms with Crippen LogP contribution in [0.2, 0.25) is 0 Å². The van der Waals surface area contributed by atoms with Crippen LogP contribution in [0.1, 0.15) is 46.1 Å². The molecule has 7 nitrogen and oxygen atoms in total. The third kappa shape index (κ3) is 4.99. The number of rotatable bonds is 7. The molecule has 0 spiro atoms. The number of benzene rings is 1. The summed E-state index contributed by atoms with van der Waals surface area (Å²) in [4.78, 5) is 37.3. The molecule has 1 saturated heterocycles. The average Bonchev–Trinajstić information content (AvgIpc) is 2.89. The number of phenols is 1. The monoisotopic (exact) mass is 379 g/mol. The summed E-state index contributed by atoms with van der Waals surface area (Å²) in [6.07, 6.45) is 0.426. The molecule has 0 aromatic heterocycles. The normalized spacial score (nSPS) is 21.4. The minimum atomic E-state index is -1.02. The van der Waals surface area contributed by atoms with Gasteiger partial charge < -0.3 is 14.7 Å². The minimum Gasteiger partial charge on any atom is -0.508 e. The van der Waals surface area contributed by atoms with Crippen LogP contribution in [0.25, 0.3) is 0 Å². The number of likely N-dealkylation sites (tertiary alicyclic amines) is 1. The third-order valence-electron chi connectivity index (χ3n) is 4.69. The van der Waals surface area contributed by atoms with Gasteiger partial charge in [-0.05, 0) is 51.8 Å². The van der Waals surface area contributed by atoms with Gasteiger partial charge in [-0.3, -0.25) is 9.59 Å². The first kappa shape index (κ1) is 21.2. The molecule has 2 rings (SSSR count). The van der Waals surface area contributed by atoms with Gasteiger partial charge in [-0.15, -0.1) is 0 Å². The van der Waals surface area contributed by atoms with E-state index in [0.29, 0.717) is 18.5 Å². The predicted molar refractivity (Wildman–Crippen MR) is 99.0 cm³/mol. The minimum absolute atomic E-state index is 0.0533. The van der Waals surface area contributed by atoms with Crippen LogP contribution in [0.3, 0.4) is 0 Å². The van der Waals surface area contributed by atoms with Gasteiger partial charge >= 0.3 is 5.97 Å². The number of nitrogens with zero attached hydrogens (tertiary/aromatic N) is 1. The maximum atomic E-state index is 13.4. The van der Waals surface area contributed by atoms with E-state index in [4.69, 9.17) is 9.62 Å². The molecule has 1 fully saturated rings. The van der Waals surface area contributed by atoms with E-state index >= 15 is 0 Å². The first-order valence-electron chi connectivity index (χ1n) is 9.07. The number of hydrogen-bond donors (Lipinski definition) is 1. The first-order valence-corrected chi connectivity index (χ1v) is 9.07. The van der Waals surface area contributed by atoms with E-state index in [9.17, 15) is 14.7 Å². The van der Waals surface area contributed by atoms with Crippen molar-refractivity contribution >= 4 is 11.9 Å². The van der Waals surface area contributed by atoms with Crippen LogP contribution in [0.5, 0.6) is 5.75 Å². The standard InChI is InChI=1S/C20H29NO6/c1-14(13-26-25-5)21-11-10-20(18(21)24,12-17(23)27-19(2,3)4)15-6-8-16(22)9-7-15/h6-9,14,22H,10-13H2,1-5H3/t14-,20?/m1/s1. The van der Waals surface area contributed by atoms with Gasteiger partial charge in [0.1, 0.15) is 18.0 Å². The molecule has 1 amide bonds. The van der Waals surface area contributed by atoms with E-state index in [1.54, 1.807) is 37.8 Å². The van der Waals surface area contributed by atoms with Gasteiger partial charge in [0.2, 0.25) is 5.91 Å². The highest BCUT2D eigenvalue weighted by molar-refractivity contribution is 5.94. The summed E-state index contributed by atoms with van der Waals surface area (Å²) >= 11 is 0. The van der Waals surface area contributed by atoms with Crippen LogP contribution in [0, 0.1) is 0 Å². The van der Waals surface area contributed by atoms with Crippen molar-refractivity contribution in [2.45, 2.75) is 57.6 Å². The van der Waals surface area contributed by atoms with Gasteiger partial charge in [0.05, 0.1) is 25.0 Å². The summed E-state index contributed by atoms with van der Waals surface area (Å²) in [5.41, 5.74) is -0.954. The molecule has 1 aromatic carbocycles. The molecular formula is C20H29NO6. The number of aromatic hydroxyl groups is 1. The first-order chi connectivity index (χ1) is 12.6. The number of hydrogen-bond acceptors (Lipinski definition) is 6. The lowest BCUT2D eigenvalue weighted by Crippen LogP contribution is -2.45. The molecule has 1 N–H and O–H groups in total. The van der Waals surface area contributed by atoms with Crippen LogP contribution in [-0.2, 0) is 29.5 Å². The Kier molecular flexibility index (Phi) is 6.49. The van der Waals surface area contributed by atoms with Crippen LogP contribution in [-0.4, -0.2) is 53.8 Å². The van der Waals surface area contributed by atoms with Crippen molar-refractivity contribution in [3.05, 3.63) is 29.8 Å². The topological polar surface area (TPSA) is 85.3 Å². The number of phenolic OH excluding ortho intramolecular Hbond substituents is 1. The number of ether oxygens (including phenoxy) is 1. The molecule has 1 aromatic rings. The van der Waals surface area contributed by atoms with Gasteiger partial charge in [-0.25, -0.2) is 9.78 Å². The molecule has 1 heterocycles. The lowest BCUT2D eigenvalue weighted by Gasteiger charge is -2.31. The zero-order valence-electron chi connectivity index (χ0n) is 16.7. The summed E-state index contributed by atoms with van der Waals surface area (Å²) in [6, 6.07) is 6.24. The highest BCUT2D eigenvalue weighted by Gasteiger charge is 2.51. The molecule has 150 valence electrons. The number of carbonyl (C=O) groups is 2. The average molecular weight is 379 g/mol. The van der Waals surface area contributed by atoms with Gasteiger partial charge in [-0.1, -0.05) is 12.1 Å². The Bertz CT molecular complexity index is 666. The van der Waals surface area contributed by atoms with E-state index < -0.39 is 17.0 Å². The Morgan fingerprint density at radius 1 is 1.30 bits per heavy atom. The Morgan fingerprint density at radius 2 is 1.93 bits per heavy atom. The SMILES string of the molecule is COOC[C@@H](C)N1CCC(CC(=O)OC(C)(C)C)(c2ccc(O)cc2)C1=O.